The number of aromatic carboxylic acids is 1. The fourth-order valence-electron chi connectivity index (χ4n) is 1.08. The Morgan fingerprint density at radius 2 is 2.08 bits per heavy atom. The van der Waals surface area contributed by atoms with Crippen molar-refractivity contribution >= 4 is 5.97 Å². The first-order valence-corrected chi connectivity index (χ1v) is 4.44. The molecule has 0 aromatic carbocycles. The van der Waals surface area contributed by atoms with E-state index in [0.29, 0.717) is 0 Å². The van der Waals surface area contributed by atoms with Crippen molar-refractivity contribution in [1.29, 1.82) is 0 Å². The number of aromatic nitrogens is 1. The van der Waals surface area contributed by atoms with E-state index in [1.165, 1.54) is 0 Å². The van der Waals surface area contributed by atoms with Crippen molar-refractivity contribution in [3.8, 4) is 0 Å². The zero-order valence-electron chi connectivity index (χ0n) is 7.69. The third kappa shape index (κ3) is 2.86. The van der Waals surface area contributed by atoms with Gasteiger partial charge in [-0.1, -0.05) is 13.3 Å². The van der Waals surface area contributed by atoms with Gasteiger partial charge in [0.25, 0.3) is 0 Å². The summed E-state index contributed by atoms with van der Waals surface area (Å²) in [6.45, 7) is 3.06. The van der Waals surface area contributed by atoms with Crippen LogP contribution in [0.25, 0.3) is 0 Å². The summed E-state index contributed by atoms with van der Waals surface area (Å²) in [7, 11) is 0. The summed E-state index contributed by atoms with van der Waals surface area (Å²) in [5.74, 6) is -1.12. The number of carboxylic acids is 1. The van der Waals surface area contributed by atoms with E-state index in [4.69, 9.17) is 0 Å². The van der Waals surface area contributed by atoms with Crippen LogP contribution in [-0.2, 0) is 6.54 Å². The maximum Gasteiger partial charge on any atom is 0.169 e. The minimum Gasteiger partial charge on any atom is -0.545 e. The van der Waals surface area contributed by atoms with Gasteiger partial charge in [-0.2, -0.15) is 0 Å². The Morgan fingerprint density at radius 1 is 1.46 bits per heavy atom. The van der Waals surface area contributed by atoms with Crippen molar-refractivity contribution < 1.29 is 14.5 Å². The molecule has 0 amide bonds. The van der Waals surface area contributed by atoms with E-state index in [1.54, 1.807) is 24.5 Å². The summed E-state index contributed by atoms with van der Waals surface area (Å²) in [6.07, 6.45) is 5.77. The molecule has 70 valence electrons. The highest BCUT2D eigenvalue weighted by Crippen LogP contribution is 1.93. The fourth-order valence-corrected chi connectivity index (χ4v) is 1.08. The minimum atomic E-state index is -1.12. The Balaban J connectivity index is 2.64. The van der Waals surface area contributed by atoms with Crippen molar-refractivity contribution in [3.05, 3.63) is 30.1 Å². The number of aryl methyl sites for hydroxylation is 1. The Hall–Kier alpha value is -1.38. The molecule has 1 aromatic rings. The lowest BCUT2D eigenvalue weighted by atomic mass is 10.2. The lowest BCUT2D eigenvalue weighted by Gasteiger charge is -2.00. The number of pyridine rings is 1. The second-order valence-electron chi connectivity index (χ2n) is 2.97. The van der Waals surface area contributed by atoms with E-state index < -0.39 is 5.97 Å². The van der Waals surface area contributed by atoms with Crippen LogP contribution >= 0.6 is 0 Å². The van der Waals surface area contributed by atoms with Crippen molar-refractivity contribution in [1.82, 2.24) is 0 Å². The Bertz CT molecular complexity index is 279. The Labute approximate surface area is 77.6 Å². The maximum atomic E-state index is 10.4. The van der Waals surface area contributed by atoms with Gasteiger partial charge < -0.3 is 9.90 Å². The zero-order valence-corrected chi connectivity index (χ0v) is 7.69. The number of carboxylic acid groups (broad SMARTS) is 1. The van der Waals surface area contributed by atoms with E-state index in [-0.39, 0.29) is 5.56 Å². The van der Waals surface area contributed by atoms with Gasteiger partial charge in [-0.05, 0) is 0 Å². The van der Waals surface area contributed by atoms with Crippen LogP contribution in [0.5, 0.6) is 0 Å². The monoisotopic (exact) mass is 179 g/mol. The highest BCUT2D eigenvalue weighted by Gasteiger charge is 1.99. The van der Waals surface area contributed by atoms with Crippen LogP contribution in [0.4, 0.5) is 0 Å². The fraction of sp³-hybridized carbons (Fsp3) is 0.400. The van der Waals surface area contributed by atoms with E-state index in [1.807, 2.05) is 4.57 Å². The second-order valence-corrected chi connectivity index (χ2v) is 2.97. The molecule has 0 fully saturated rings. The molecule has 0 saturated heterocycles. The van der Waals surface area contributed by atoms with Crippen LogP contribution in [0.15, 0.2) is 24.5 Å². The molecule has 0 aliphatic heterocycles. The summed E-state index contributed by atoms with van der Waals surface area (Å²) >= 11 is 0. The summed E-state index contributed by atoms with van der Waals surface area (Å²) < 4.78 is 1.97. The first-order chi connectivity index (χ1) is 6.24. The third-order valence-electron chi connectivity index (χ3n) is 1.90. The molecule has 0 atom stereocenters. The summed E-state index contributed by atoms with van der Waals surface area (Å²) in [6, 6.07) is 3.12. The summed E-state index contributed by atoms with van der Waals surface area (Å²) in [5.41, 5.74) is 0.229. The molecule has 1 aromatic heterocycles. The average Bonchev–Trinajstić information content (AvgIpc) is 2.15. The summed E-state index contributed by atoms with van der Waals surface area (Å²) in [5, 5.41) is 10.4. The Morgan fingerprint density at radius 3 is 2.54 bits per heavy atom. The number of unbranched alkanes of at least 4 members (excludes halogenated alkanes) is 1. The van der Waals surface area contributed by atoms with Gasteiger partial charge in [0.2, 0.25) is 0 Å². The van der Waals surface area contributed by atoms with Gasteiger partial charge in [-0.3, -0.25) is 0 Å². The molecular formula is C10H13NO2. The molecule has 13 heavy (non-hydrogen) atoms. The molecule has 0 spiro atoms. The molecule has 0 radical (unpaired) electrons. The van der Waals surface area contributed by atoms with Crippen LogP contribution < -0.4 is 9.67 Å². The lowest BCUT2D eigenvalue weighted by Crippen LogP contribution is -2.33. The van der Waals surface area contributed by atoms with Crippen LogP contribution in [0.1, 0.15) is 30.1 Å². The standard InChI is InChI=1S/C10H13NO2/c1-2-3-6-11-7-4-9(5-8-11)10(12)13/h4-5,7-8H,2-3,6H2,1H3. The van der Waals surface area contributed by atoms with Crippen molar-refractivity contribution in [2.24, 2.45) is 0 Å². The molecule has 0 saturated carbocycles. The zero-order chi connectivity index (χ0) is 9.68. The van der Waals surface area contributed by atoms with Crippen molar-refractivity contribution in [2.75, 3.05) is 0 Å². The van der Waals surface area contributed by atoms with Crippen LogP contribution in [0.3, 0.4) is 0 Å². The lowest BCUT2D eigenvalue weighted by molar-refractivity contribution is -0.697. The largest absolute Gasteiger partial charge is 0.545 e. The van der Waals surface area contributed by atoms with Crippen LogP contribution in [0, 0.1) is 0 Å². The first-order valence-electron chi connectivity index (χ1n) is 4.44. The number of carbonyl (C=O) groups excluding carboxylic acids is 1. The third-order valence-corrected chi connectivity index (χ3v) is 1.90. The molecular weight excluding hydrogens is 166 g/mol. The van der Waals surface area contributed by atoms with Gasteiger partial charge in [0.05, 0.1) is 5.97 Å². The number of hydrogen-bond acceptors (Lipinski definition) is 2. The van der Waals surface area contributed by atoms with Crippen LogP contribution in [-0.4, -0.2) is 5.97 Å². The number of carbonyl (C=O) groups is 1. The van der Waals surface area contributed by atoms with Crippen molar-refractivity contribution in [3.63, 3.8) is 0 Å². The van der Waals surface area contributed by atoms with Crippen LogP contribution in [0.2, 0.25) is 0 Å². The Kier molecular flexibility index (Phi) is 3.43. The molecule has 1 heterocycles. The van der Waals surface area contributed by atoms with Gasteiger partial charge >= 0.3 is 0 Å². The molecule has 0 bridgehead atoms. The van der Waals surface area contributed by atoms with E-state index in [9.17, 15) is 9.90 Å². The molecule has 0 aliphatic carbocycles. The SMILES string of the molecule is CCCC[n+]1ccc(C(=O)[O-])cc1. The minimum absolute atomic E-state index is 0.229. The van der Waals surface area contributed by atoms with Crippen molar-refractivity contribution in [2.45, 2.75) is 26.3 Å². The molecule has 3 nitrogen and oxygen atoms in total. The number of nitrogens with zero attached hydrogens (tertiary/aromatic N) is 1. The van der Waals surface area contributed by atoms with E-state index >= 15 is 0 Å². The van der Waals surface area contributed by atoms with E-state index in [0.717, 1.165) is 19.4 Å². The predicted octanol–water partition coefficient (Wildman–Crippen LogP) is 0.138. The number of hydrogen-bond donors (Lipinski definition) is 0. The molecule has 3 heteroatoms. The van der Waals surface area contributed by atoms with E-state index in [2.05, 4.69) is 6.92 Å². The molecule has 0 aliphatic rings. The normalized spacial score (nSPS) is 9.92. The average molecular weight is 179 g/mol. The molecule has 0 unspecified atom stereocenters. The second kappa shape index (κ2) is 4.60. The smallest absolute Gasteiger partial charge is 0.169 e. The number of rotatable bonds is 4. The highest BCUT2D eigenvalue weighted by molar-refractivity contribution is 5.85. The predicted molar refractivity (Wildman–Crippen MR) is 45.9 cm³/mol. The van der Waals surface area contributed by atoms with Gasteiger partial charge in [-0.25, -0.2) is 4.57 Å². The topological polar surface area (TPSA) is 44.0 Å². The van der Waals surface area contributed by atoms with Gasteiger partial charge in [0.1, 0.15) is 6.54 Å². The van der Waals surface area contributed by atoms with Gasteiger partial charge in [0.15, 0.2) is 12.4 Å². The quantitative estimate of drug-likeness (QED) is 0.617. The molecule has 1 rings (SSSR count). The van der Waals surface area contributed by atoms with Gasteiger partial charge in [-0.15, -0.1) is 0 Å². The summed E-state index contributed by atoms with van der Waals surface area (Å²) in [4.78, 5) is 10.4. The highest BCUT2D eigenvalue weighted by atomic mass is 16.4. The maximum absolute atomic E-state index is 10.4. The van der Waals surface area contributed by atoms with Gasteiger partial charge in [0, 0.05) is 24.1 Å². The first kappa shape index (κ1) is 9.71. The molecule has 0 N–H and O–H groups in total.